The third-order valence-electron chi connectivity index (χ3n) is 5.04. The molecule has 0 saturated heterocycles. The summed E-state index contributed by atoms with van der Waals surface area (Å²) in [5.74, 6) is 0.0675. The number of aliphatic hydroxyl groups is 1. The van der Waals surface area contributed by atoms with Gasteiger partial charge < -0.3 is 10.8 Å². The van der Waals surface area contributed by atoms with Gasteiger partial charge >= 0.3 is 0 Å². The summed E-state index contributed by atoms with van der Waals surface area (Å²) in [5.41, 5.74) is 8.49. The molecule has 1 saturated carbocycles. The molecule has 3 N–H and O–H groups in total. The number of nitrogens with two attached hydrogens (primary N) is 1. The van der Waals surface area contributed by atoms with Crippen molar-refractivity contribution in [2.24, 2.45) is 11.1 Å². The zero-order valence-corrected chi connectivity index (χ0v) is 12.2. The molecule has 0 heterocycles. The van der Waals surface area contributed by atoms with E-state index < -0.39 is 0 Å². The molecule has 19 heavy (non-hydrogen) atoms. The Balaban J connectivity index is 2.26. The molecule has 0 radical (unpaired) electrons. The second-order valence-electron chi connectivity index (χ2n) is 6.12. The Morgan fingerprint density at radius 2 is 2.00 bits per heavy atom. The summed E-state index contributed by atoms with van der Waals surface area (Å²) in [5, 5.41) is 10.9. The summed E-state index contributed by atoms with van der Waals surface area (Å²) < 4.78 is 0. The van der Waals surface area contributed by atoms with Crippen LogP contribution >= 0.6 is 0 Å². The van der Waals surface area contributed by atoms with Crippen molar-refractivity contribution >= 4 is 0 Å². The van der Waals surface area contributed by atoms with Crippen molar-refractivity contribution in [3.63, 3.8) is 0 Å². The molecule has 0 spiro atoms. The van der Waals surface area contributed by atoms with E-state index >= 15 is 0 Å². The molecular weight excluding hydrogens is 234 g/mol. The number of benzene rings is 1. The van der Waals surface area contributed by atoms with Crippen molar-refractivity contribution in [1.82, 2.24) is 0 Å². The van der Waals surface area contributed by atoms with Crippen molar-refractivity contribution < 1.29 is 5.11 Å². The smallest absolute Gasteiger partial charge is 0.0676 e. The molecule has 0 amide bonds. The topological polar surface area (TPSA) is 46.2 Å². The van der Waals surface area contributed by atoms with E-state index in [1.165, 1.54) is 24.0 Å². The lowest BCUT2D eigenvalue weighted by atomic mass is 9.71. The van der Waals surface area contributed by atoms with Crippen molar-refractivity contribution in [3.05, 3.63) is 35.4 Å². The molecule has 0 aromatic heterocycles. The fraction of sp³-hybridized carbons (Fsp3) is 0.647. The molecule has 2 nitrogen and oxygen atoms in total. The average Bonchev–Trinajstić information content (AvgIpc) is 2.89. The Morgan fingerprint density at radius 1 is 1.32 bits per heavy atom. The van der Waals surface area contributed by atoms with Crippen molar-refractivity contribution in [2.45, 2.75) is 58.0 Å². The van der Waals surface area contributed by atoms with E-state index in [4.69, 9.17) is 5.73 Å². The maximum atomic E-state index is 10.9. The molecule has 1 aromatic rings. The number of rotatable bonds is 5. The third kappa shape index (κ3) is 2.85. The highest BCUT2D eigenvalue weighted by molar-refractivity contribution is 5.27. The van der Waals surface area contributed by atoms with Gasteiger partial charge in [-0.15, -0.1) is 0 Å². The first-order chi connectivity index (χ1) is 9.13. The summed E-state index contributed by atoms with van der Waals surface area (Å²) in [7, 11) is 0. The van der Waals surface area contributed by atoms with Gasteiger partial charge in [0.15, 0.2) is 0 Å². The maximum absolute atomic E-state index is 10.9. The van der Waals surface area contributed by atoms with Crippen LogP contribution in [0.15, 0.2) is 24.3 Å². The predicted octanol–water partition coefficient (Wildman–Crippen LogP) is 3.37. The van der Waals surface area contributed by atoms with E-state index in [0.29, 0.717) is 6.54 Å². The molecule has 106 valence electrons. The van der Waals surface area contributed by atoms with Crippen LogP contribution in [0.5, 0.6) is 0 Å². The Bertz CT molecular complexity index is 409. The van der Waals surface area contributed by atoms with Crippen LogP contribution in [-0.2, 0) is 0 Å². The van der Waals surface area contributed by atoms with Gasteiger partial charge in [0.05, 0.1) is 6.10 Å². The van der Waals surface area contributed by atoms with Gasteiger partial charge in [0, 0.05) is 12.5 Å². The molecular formula is C17H27NO. The first kappa shape index (κ1) is 14.5. The minimum absolute atomic E-state index is 0.0675. The summed E-state index contributed by atoms with van der Waals surface area (Å²) in [6, 6.07) is 8.42. The number of hydrogen-bond donors (Lipinski definition) is 2. The summed E-state index contributed by atoms with van der Waals surface area (Å²) in [6.07, 6.45) is 5.52. The zero-order chi connectivity index (χ0) is 13.9. The lowest BCUT2D eigenvalue weighted by Crippen LogP contribution is -2.40. The highest BCUT2D eigenvalue weighted by Crippen LogP contribution is 2.47. The maximum Gasteiger partial charge on any atom is 0.0676 e. The Labute approximate surface area is 117 Å². The number of hydrogen-bond acceptors (Lipinski definition) is 2. The Kier molecular flexibility index (Phi) is 4.64. The average molecular weight is 261 g/mol. The van der Waals surface area contributed by atoms with Gasteiger partial charge in [0.2, 0.25) is 0 Å². The predicted molar refractivity (Wildman–Crippen MR) is 80.2 cm³/mol. The molecule has 0 aliphatic heterocycles. The minimum Gasteiger partial charge on any atom is -0.392 e. The van der Waals surface area contributed by atoms with Crippen molar-refractivity contribution in [2.75, 3.05) is 6.54 Å². The quantitative estimate of drug-likeness (QED) is 0.853. The van der Waals surface area contributed by atoms with Crippen LogP contribution in [-0.4, -0.2) is 17.8 Å². The summed E-state index contributed by atoms with van der Waals surface area (Å²) >= 11 is 0. The minimum atomic E-state index is -0.313. The fourth-order valence-corrected chi connectivity index (χ4v) is 3.71. The van der Waals surface area contributed by atoms with Crippen LogP contribution in [0.3, 0.4) is 0 Å². The molecule has 1 aromatic carbocycles. The van der Waals surface area contributed by atoms with Gasteiger partial charge in [-0.05, 0) is 37.2 Å². The van der Waals surface area contributed by atoms with E-state index in [1.807, 2.05) is 0 Å². The molecule has 2 heteroatoms. The second-order valence-corrected chi connectivity index (χ2v) is 6.12. The Morgan fingerprint density at radius 3 is 2.53 bits per heavy atom. The molecule has 1 aliphatic carbocycles. The van der Waals surface area contributed by atoms with Crippen LogP contribution < -0.4 is 5.73 Å². The van der Waals surface area contributed by atoms with Gasteiger partial charge in [-0.25, -0.2) is 0 Å². The molecule has 2 unspecified atom stereocenters. The first-order valence-electron chi connectivity index (χ1n) is 7.57. The third-order valence-corrected chi connectivity index (χ3v) is 5.04. The monoisotopic (exact) mass is 261 g/mol. The molecule has 1 aliphatic rings. The van der Waals surface area contributed by atoms with E-state index in [2.05, 4.69) is 38.1 Å². The second kappa shape index (κ2) is 6.06. The Hall–Kier alpha value is -0.860. The van der Waals surface area contributed by atoms with Gasteiger partial charge in [-0.3, -0.25) is 0 Å². The molecule has 0 bridgehead atoms. The van der Waals surface area contributed by atoms with E-state index in [1.54, 1.807) is 0 Å². The number of aliphatic hydroxyl groups excluding tert-OH is 1. The zero-order valence-electron chi connectivity index (χ0n) is 12.2. The van der Waals surface area contributed by atoms with Gasteiger partial charge in [-0.2, -0.15) is 0 Å². The van der Waals surface area contributed by atoms with E-state index in [0.717, 1.165) is 19.3 Å². The highest BCUT2D eigenvalue weighted by atomic mass is 16.3. The van der Waals surface area contributed by atoms with Gasteiger partial charge in [0.1, 0.15) is 0 Å². The van der Waals surface area contributed by atoms with Crippen LogP contribution in [0.4, 0.5) is 0 Å². The van der Waals surface area contributed by atoms with Crippen LogP contribution in [0.2, 0.25) is 0 Å². The fourth-order valence-electron chi connectivity index (χ4n) is 3.71. The van der Waals surface area contributed by atoms with Gasteiger partial charge in [-0.1, -0.05) is 49.6 Å². The van der Waals surface area contributed by atoms with Crippen LogP contribution in [0, 0.1) is 12.3 Å². The van der Waals surface area contributed by atoms with E-state index in [-0.39, 0.29) is 17.4 Å². The number of aryl methyl sites for hydroxylation is 1. The van der Waals surface area contributed by atoms with Crippen LogP contribution in [0.1, 0.15) is 56.1 Å². The van der Waals surface area contributed by atoms with Crippen molar-refractivity contribution in [3.8, 4) is 0 Å². The summed E-state index contributed by atoms with van der Waals surface area (Å²) in [6.45, 7) is 4.82. The highest BCUT2D eigenvalue weighted by Gasteiger charge is 2.42. The molecule has 1 fully saturated rings. The van der Waals surface area contributed by atoms with Crippen LogP contribution in [0.25, 0.3) is 0 Å². The molecule has 2 rings (SSSR count). The normalized spacial score (nSPS) is 21.3. The molecule has 2 atom stereocenters. The van der Waals surface area contributed by atoms with E-state index in [9.17, 15) is 5.11 Å². The van der Waals surface area contributed by atoms with Gasteiger partial charge in [0.25, 0.3) is 0 Å². The first-order valence-corrected chi connectivity index (χ1v) is 7.57. The SMILES string of the molecule is CCC1(C(O)C(CN)c2cccc(C)c2)CCCC1. The lowest BCUT2D eigenvalue weighted by Gasteiger charge is -2.38. The lowest BCUT2D eigenvalue weighted by molar-refractivity contribution is 0.00600. The van der Waals surface area contributed by atoms with Crippen molar-refractivity contribution in [1.29, 1.82) is 0 Å². The largest absolute Gasteiger partial charge is 0.392 e. The summed E-state index contributed by atoms with van der Waals surface area (Å²) in [4.78, 5) is 0. The standard InChI is InChI=1S/C17H27NO/c1-3-17(9-4-5-10-17)16(19)15(12-18)14-8-6-7-13(2)11-14/h6-8,11,15-16,19H,3-5,9-10,12,18H2,1-2H3.